The zero-order chi connectivity index (χ0) is 16.4. The zero-order valence-corrected chi connectivity index (χ0v) is 13.3. The Balaban J connectivity index is 1.64. The van der Waals surface area contributed by atoms with Crippen molar-refractivity contribution < 1.29 is 9.72 Å². The van der Waals surface area contributed by atoms with Crippen molar-refractivity contribution in [1.82, 2.24) is 15.1 Å². The Hall–Kier alpha value is -1.99. The molecule has 1 aromatic rings. The first-order valence-corrected chi connectivity index (χ1v) is 8.05. The molecule has 0 aromatic heterocycles. The molecule has 2 aliphatic heterocycles. The van der Waals surface area contributed by atoms with Gasteiger partial charge in [-0.2, -0.15) is 0 Å². The van der Waals surface area contributed by atoms with Crippen molar-refractivity contribution in [2.45, 2.75) is 19.4 Å². The van der Waals surface area contributed by atoms with Gasteiger partial charge in [0.25, 0.3) is 11.6 Å². The van der Waals surface area contributed by atoms with Gasteiger partial charge in [-0.05, 0) is 31.5 Å². The Labute approximate surface area is 135 Å². The smallest absolute Gasteiger partial charge is 0.269 e. The third-order valence-corrected chi connectivity index (χ3v) is 4.80. The summed E-state index contributed by atoms with van der Waals surface area (Å²) in [5.41, 5.74) is 1.25. The number of rotatable bonds is 3. The number of nitrogens with one attached hydrogen (secondary N) is 1. The summed E-state index contributed by atoms with van der Waals surface area (Å²) in [7, 11) is 0. The van der Waals surface area contributed by atoms with E-state index in [0.717, 1.165) is 26.2 Å². The maximum absolute atomic E-state index is 12.7. The number of benzene rings is 1. The number of carbonyl (C=O) groups excluding carboxylic acids is 1. The fourth-order valence-corrected chi connectivity index (χ4v) is 3.41. The van der Waals surface area contributed by atoms with Crippen LogP contribution < -0.4 is 5.32 Å². The number of nitro groups is 1. The van der Waals surface area contributed by atoms with Crippen LogP contribution in [0.25, 0.3) is 0 Å². The van der Waals surface area contributed by atoms with E-state index in [2.05, 4.69) is 10.2 Å². The van der Waals surface area contributed by atoms with Gasteiger partial charge in [0, 0.05) is 56.5 Å². The van der Waals surface area contributed by atoms with Crippen LogP contribution in [0.1, 0.15) is 22.3 Å². The molecule has 1 unspecified atom stereocenters. The maximum atomic E-state index is 12.7. The Kier molecular flexibility index (Phi) is 4.58. The van der Waals surface area contributed by atoms with Gasteiger partial charge in [-0.1, -0.05) is 0 Å². The van der Waals surface area contributed by atoms with Crippen LogP contribution in [0.4, 0.5) is 5.69 Å². The minimum atomic E-state index is -0.435. The summed E-state index contributed by atoms with van der Waals surface area (Å²) in [6, 6.07) is 5.03. The molecule has 2 saturated heterocycles. The molecule has 0 aliphatic carbocycles. The molecule has 2 fully saturated rings. The molecule has 1 aromatic carbocycles. The summed E-state index contributed by atoms with van der Waals surface area (Å²) in [5, 5.41) is 14.2. The van der Waals surface area contributed by atoms with Crippen molar-refractivity contribution in [3.63, 3.8) is 0 Å². The fraction of sp³-hybridized carbons (Fsp3) is 0.562. The number of piperazine rings is 1. The Morgan fingerprint density at radius 3 is 2.61 bits per heavy atom. The number of non-ortho nitro benzene ring substituents is 1. The highest BCUT2D eigenvalue weighted by atomic mass is 16.6. The summed E-state index contributed by atoms with van der Waals surface area (Å²) in [5.74, 6) is -0.0263. The van der Waals surface area contributed by atoms with Gasteiger partial charge in [-0.25, -0.2) is 0 Å². The van der Waals surface area contributed by atoms with Gasteiger partial charge in [0.1, 0.15) is 0 Å². The molecule has 2 heterocycles. The van der Waals surface area contributed by atoms with E-state index in [-0.39, 0.29) is 11.6 Å². The minimum Gasteiger partial charge on any atom is -0.336 e. The number of hydrogen-bond donors (Lipinski definition) is 1. The Morgan fingerprint density at radius 2 is 2.04 bits per heavy atom. The van der Waals surface area contributed by atoms with Crippen LogP contribution >= 0.6 is 0 Å². The molecule has 0 saturated carbocycles. The molecule has 1 amide bonds. The van der Waals surface area contributed by atoms with Crippen LogP contribution in [0, 0.1) is 17.0 Å². The second-order valence-electron chi connectivity index (χ2n) is 6.23. The highest BCUT2D eigenvalue weighted by Gasteiger charge is 2.28. The number of carbonyl (C=O) groups is 1. The van der Waals surface area contributed by atoms with E-state index >= 15 is 0 Å². The Bertz CT molecular complexity index is 605. The molecule has 7 heteroatoms. The number of hydrogen-bond acceptors (Lipinski definition) is 5. The van der Waals surface area contributed by atoms with Crippen LogP contribution in [-0.4, -0.2) is 65.9 Å². The monoisotopic (exact) mass is 318 g/mol. The lowest BCUT2D eigenvalue weighted by molar-refractivity contribution is -0.384. The van der Waals surface area contributed by atoms with Crippen molar-refractivity contribution >= 4 is 11.6 Å². The second-order valence-corrected chi connectivity index (χ2v) is 6.23. The molecule has 0 spiro atoms. The van der Waals surface area contributed by atoms with Crippen LogP contribution in [0.2, 0.25) is 0 Å². The third kappa shape index (κ3) is 3.35. The van der Waals surface area contributed by atoms with Crippen molar-refractivity contribution in [3.05, 3.63) is 39.4 Å². The van der Waals surface area contributed by atoms with Crippen LogP contribution in [0.15, 0.2) is 18.2 Å². The van der Waals surface area contributed by atoms with Crippen molar-refractivity contribution in [2.24, 2.45) is 0 Å². The molecule has 7 nitrogen and oxygen atoms in total. The Morgan fingerprint density at radius 1 is 1.30 bits per heavy atom. The van der Waals surface area contributed by atoms with Gasteiger partial charge in [0.05, 0.1) is 4.92 Å². The lowest BCUT2D eigenvalue weighted by Gasteiger charge is -2.38. The normalized spacial score (nSPS) is 22.3. The van der Waals surface area contributed by atoms with E-state index < -0.39 is 4.92 Å². The van der Waals surface area contributed by atoms with Crippen LogP contribution in [0.3, 0.4) is 0 Å². The average Bonchev–Trinajstić information content (AvgIpc) is 3.08. The maximum Gasteiger partial charge on any atom is 0.269 e. The molecule has 3 rings (SSSR count). The summed E-state index contributed by atoms with van der Waals surface area (Å²) in [6.45, 7) is 7.08. The fourth-order valence-electron chi connectivity index (χ4n) is 3.41. The van der Waals surface area contributed by atoms with Gasteiger partial charge in [0.15, 0.2) is 0 Å². The second kappa shape index (κ2) is 6.64. The van der Waals surface area contributed by atoms with Crippen molar-refractivity contribution in [2.75, 3.05) is 39.3 Å². The highest BCUT2D eigenvalue weighted by molar-refractivity contribution is 5.96. The predicted molar refractivity (Wildman–Crippen MR) is 86.6 cm³/mol. The van der Waals surface area contributed by atoms with Crippen LogP contribution in [0.5, 0.6) is 0 Å². The topological polar surface area (TPSA) is 78.7 Å². The third-order valence-electron chi connectivity index (χ3n) is 4.80. The van der Waals surface area contributed by atoms with Crippen LogP contribution in [-0.2, 0) is 0 Å². The lowest BCUT2D eigenvalue weighted by Crippen LogP contribution is -2.52. The number of nitrogens with zero attached hydrogens (tertiary/aromatic N) is 3. The number of nitro benzene ring substituents is 1. The van der Waals surface area contributed by atoms with Gasteiger partial charge in [-0.3, -0.25) is 19.8 Å². The molecule has 124 valence electrons. The summed E-state index contributed by atoms with van der Waals surface area (Å²) in [4.78, 5) is 27.3. The van der Waals surface area contributed by atoms with E-state index in [9.17, 15) is 14.9 Å². The van der Waals surface area contributed by atoms with E-state index in [1.807, 2.05) is 4.90 Å². The highest BCUT2D eigenvalue weighted by Crippen LogP contribution is 2.20. The lowest BCUT2D eigenvalue weighted by atomic mass is 10.1. The molecule has 1 N–H and O–H groups in total. The number of aryl methyl sites for hydroxylation is 1. The first-order valence-electron chi connectivity index (χ1n) is 8.05. The van der Waals surface area contributed by atoms with Gasteiger partial charge in [0.2, 0.25) is 0 Å². The van der Waals surface area contributed by atoms with Crippen molar-refractivity contribution in [1.29, 1.82) is 0 Å². The zero-order valence-electron chi connectivity index (χ0n) is 13.3. The molecule has 0 radical (unpaired) electrons. The summed E-state index contributed by atoms with van der Waals surface area (Å²) < 4.78 is 0. The first-order chi connectivity index (χ1) is 11.1. The summed E-state index contributed by atoms with van der Waals surface area (Å²) >= 11 is 0. The number of amides is 1. The van der Waals surface area contributed by atoms with Crippen molar-refractivity contribution in [3.8, 4) is 0 Å². The van der Waals surface area contributed by atoms with E-state index in [0.29, 0.717) is 30.3 Å². The molecule has 0 bridgehead atoms. The van der Waals surface area contributed by atoms with Gasteiger partial charge in [-0.15, -0.1) is 0 Å². The van der Waals surface area contributed by atoms with Gasteiger partial charge < -0.3 is 10.2 Å². The van der Waals surface area contributed by atoms with E-state index in [1.165, 1.54) is 18.6 Å². The standard InChI is InChI=1S/C16H22N4O3/c1-12-10-13(20(22)23)2-3-15(12)16(21)19-8-6-18(7-9-19)14-4-5-17-11-14/h2-3,10,14,17H,4-9,11H2,1H3. The minimum absolute atomic E-state index is 0.0256. The van der Waals surface area contributed by atoms with E-state index in [4.69, 9.17) is 0 Å². The average molecular weight is 318 g/mol. The predicted octanol–water partition coefficient (Wildman–Crippen LogP) is 1.02. The quantitative estimate of drug-likeness (QED) is 0.665. The largest absolute Gasteiger partial charge is 0.336 e. The molecule has 1 atom stereocenters. The molecule has 23 heavy (non-hydrogen) atoms. The van der Waals surface area contributed by atoms with E-state index in [1.54, 1.807) is 13.0 Å². The SMILES string of the molecule is Cc1cc([N+](=O)[O-])ccc1C(=O)N1CCN(C2CCNC2)CC1. The first kappa shape index (κ1) is 15.9. The molecular formula is C16H22N4O3. The van der Waals surface area contributed by atoms with Gasteiger partial charge >= 0.3 is 0 Å². The summed E-state index contributed by atoms with van der Waals surface area (Å²) in [6.07, 6.45) is 1.18. The molecule has 2 aliphatic rings. The molecular weight excluding hydrogens is 296 g/mol.